The lowest BCUT2D eigenvalue weighted by Gasteiger charge is -2.15. The van der Waals surface area contributed by atoms with Gasteiger partial charge in [0.25, 0.3) is 5.91 Å². The second-order valence-corrected chi connectivity index (χ2v) is 6.33. The van der Waals surface area contributed by atoms with Gasteiger partial charge in [-0.05, 0) is 18.2 Å². The molecule has 1 saturated heterocycles. The molecular weight excluding hydrogens is 354 g/mol. The first-order valence-corrected chi connectivity index (χ1v) is 8.33. The number of carbonyl (C=O) groups is 1. The van der Waals surface area contributed by atoms with Crippen molar-refractivity contribution in [2.75, 3.05) is 23.3 Å². The number of anilines is 2. The van der Waals surface area contributed by atoms with Crippen LogP contribution in [0.2, 0.25) is 0 Å². The van der Waals surface area contributed by atoms with Gasteiger partial charge in [-0.3, -0.25) is 9.78 Å². The van der Waals surface area contributed by atoms with Gasteiger partial charge in [-0.15, -0.1) is 0 Å². The van der Waals surface area contributed by atoms with Crippen LogP contribution < -0.4 is 16.0 Å². The highest BCUT2D eigenvalue weighted by molar-refractivity contribution is 6.07. The third-order valence-electron chi connectivity index (χ3n) is 4.40. The Balaban J connectivity index is 1.54. The zero-order valence-corrected chi connectivity index (χ0v) is 14.1. The van der Waals surface area contributed by atoms with Gasteiger partial charge in [-0.1, -0.05) is 6.07 Å². The summed E-state index contributed by atoms with van der Waals surface area (Å²) >= 11 is 0. The van der Waals surface area contributed by atoms with Gasteiger partial charge in [-0.25, -0.2) is 18.7 Å². The zero-order valence-electron chi connectivity index (χ0n) is 14.1. The second kappa shape index (κ2) is 6.84. The summed E-state index contributed by atoms with van der Waals surface area (Å²) in [6.07, 6.45) is 3.12. The van der Waals surface area contributed by atoms with Gasteiger partial charge in [0, 0.05) is 18.1 Å². The summed E-state index contributed by atoms with van der Waals surface area (Å²) in [7, 11) is 0. The fourth-order valence-corrected chi connectivity index (χ4v) is 3.02. The summed E-state index contributed by atoms with van der Waals surface area (Å²) in [6, 6.07) is 5.36. The Kier molecular flexibility index (Phi) is 4.36. The molecule has 3 aromatic rings. The highest BCUT2D eigenvalue weighted by Crippen LogP contribution is 2.23. The van der Waals surface area contributed by atoms with Gasteiger partial charge in [0.2, 0.25) is 0 Å². The Morgan fingerprint density at radius 3 is 2.78 bits per heavy atom. The Morgan fingerprint density at radius 2 is 2.07 bits per heavy atom. The number of hydrogen-bond acceptors (Lipinski definition) is 6. The van der Waals surface area contributed by atoms with E-state index in [0.29, 0.717) is 23.3 Å². The zero-order chi connectivity index (χ0) is 19.0. The molecule has 1 aliphatic heterocycles. The number of nitrogens with one attached hydrogen (secondary N) is 1. The van der Waals surface area contributed by atoms with Crippen LogP contribution in [-0.4, -0.2) is 46.2 Å². The maximum Gasteiger partial charge on any atom is 0.275 e. The van der Waals surface area contributed by atoms with E-state index < -0.39 is 23.9 Å². The summed E-state index contributed by atoms with van der Waals surface area (Å²) in [6.45, 7) is 0.477. The summed E-state index contributed by atoms with van der Waals surface area (Å²) < 4.78 is 27.3. The van der Waals surface area contributed by atoms with E-state index in [1.165, 1.54) is 24.5 Å². The van der Waals surface area contributed by atoms with Gasteiger partial charge >= 0.3 is 0 Å². The highest BCUT2D eigenvalue weighted by Gasteiger charge is 2.30. The molecule has 2 aromatic heterocycles. The van der Waals surface area contributed by atoms with Gasteiger partial charge in [0.15, 0.2) is 0 Å². The van der Waals surface area contributed by atoms with E-state index in [9.17, 15) is 13.6 Å². The van der Waals surface area contributed by atoms with Gasteiger partial charge in [0.05, 0.1) is 36.2 Å². The summed E-state index contributed by atoms with van der Waals surface area (Å²) in [5, 5.41) is 3.18. The number of amides is 1. The lowest BCUT2D eigenvalue weighted by atomic mass is 10.2. The maximum atomic E-state index is 13.8. The lowest BCUT2D eigenvalue weighted by molar-refractivity contribution is 0.102. The number of pyridine rings is 1. The molecule has 1 fully saturated rings. The quantitative estimate of drug-likeness (QED) is 0.731. The van der Waals surface area contributed by atoms with Crippen LogP contribution in [0.25, 0.3) is 10.9 Å². The fraction of sp³-hybridized carbons (Fsp3) is 0.222. The minimum Gasteiger partial charge on any atom is -0.351 e. The van der Waals surface area contributed by atoms with Crippen LogP contribution in [0.4, 0.5) is 20.3 Å². The van der Waals surface area contributed by atoms with Crippen LogP contribution in [0, 0.1) is 5.82 Å². The number of alkyl halides is 1. The number of fused-ring (bicyclic) bond motifs is 1. The smallest absolute Gasteiger partial charge is 0.275 e. The average Bonchev–Trinajstić information content (AvgIpc) is 3.00. The van der Waals surface area contributed by atoms with E-state index in [1.807, 2.05) is 0 Å². The van der Waals surface area contributed by atoms with E-state index in [4.69, 9.17) is 5.73 Å². The Bertz CT molecular complexity index is 987. The Labute approximate surface area is 153 Å². The molecule has 138 valence electrons. The molecule has 0 radical (unpaired) electrons. The molecule has 3 heterocycles. The molecule has 0 bridgehead atoms. The number of nitrogens with zero attached hydrogens (tertiary/aromatic N) is 4. The number of aromatic nitrogens is 3. The molecule has 1 aromatic carbocycles. The lowest BCUT2D eigenvalue weighted by Crippen LogP contribution is -2.30. The van der Waals surface area contributed by atoms with Crippen molar-refractivity contribution in [1.29, 1.82) is 0 Å². The molecule has 1 aliphatic rings. The van der Waals surface area contributed by atoms with E-state index in [0.717, 1.165) is 0 Å². The van der Waals surface area contributed by atoms with Crippen LogP contribution in [-0.2, 0) is 0 Å². The molecule has 2 atom stereocenters. The van der Waals surface area contributed by atoms with E-state index >= 15 is 0 Å². The van der Waals surface area contributed by atoms with Crippen molar-refractivity contribution >= 4 is 28.3 Å². The molecule has 0 spiro atoms. The second-order valence-electron chi connectivity index (χ2n) is 6.33. The monoisotopic (exact) mass is 370 g/mol. The first kappa shape index (κ1) is 17.2. The minimum absolute atomic E-state index is 0.0485. The fourth-order valence-electron chi connectivity index (χ4n) is 3.02. The van der Waals surface area contributed by atoms with Crippen molar-refractivity contribution in [1.82, 2.24) is 15.0 Å². The van der Waals surface area contributed by atoms with Crippen molar-refractivity contribution in [3.05, 3.63) is 54.4 Å². The molecule has 27 heavy (non-hydrogen) atoms. The summed E-state index contributed by atoms with van der Waals surface area (Å²) in [5.74, 6) is -0.591. The first-order chi connectivity index (χ1) is 13.0. The summed E-state index contributed by atoms with van der Waals surface area (Å²) in [5.41, 5.74) is 6.42. The first-order valence-electron chi connectivity index (χ1n) is 8.33. The predicted octanol–water partition coefficient (Wildman–Crippen LogP) is 1.90. The van der Waals surface area contributed by atoms with Gasteiger partial charge in [-0.2, -0.15) is 0 Å². The molecule has 7 nitrogen and oxygen atoms in total. The van der Waals surface area contributed by atoms with Crippen molar-refractivity contribution in [3.8, 4) is 0 Å². The van der Waals surface area contributed by atoms with Crippen molar-refractivity contribution in [3.63, 3.8) is 0 Å². The van der Waals surface area contributed by atoms with Crippen LogP contribution in [0.3, 0.4) is 0 Å². The molecule has 0 saturated carbocycles. The van der Waals surface area contributed by atoms with E-state index in [-0.39, 0.29) is 17.9 Å². The third-order valence-corrected chi connectivity index (χ3v) is 4.40. The molecule has 0 unspecified atom stereocenters. The van der Waals surface area contributed by atoms with Crippen LogP contribution >= 0.6 is 0 Å². The third kappa shape index (κ3) is 3.41. The number of benzene rings is 1. The van der Waals surface area contributed by atoms with Crippen molar-refractivity contribution < 1.29 is 13.6 Å². The van der Waals surface area contributed by atoms with E-state index in [1.54, 1.807) is 23.2 Å². The van der Waals surface area contributed by atoms with E-state index in [2.05, 4.69) is 20.3 Å². The predicted molar refractivity (Wildman–Crippen MR) is 96.8 cm³/mol. The van der Waals surface area contributed by atoms with Gasteiger partial charge < -0.3 is 16.0 Å². The molecule has 4 rings (SSSR count). The molecular formula is C18H16F2N6O. The molecule has 3 N–H and O–H groups in total. The largest absolute Gasteiger partial charge is 0.351 e. The standard InChI is InChI=1S/C18H16F2N6O/c19-11-4-10-2-1-3-22-17(10)14(5-11)25-18(27)15-6-24-16(7-23-15)26-8-12(20)13(21)9-26/h1-7,12-13H,8-9,21H2,(H,25,27)/t12-,13+/m1/s1. The number of rotatable bonds is 3. The van der Waals surface area contributed by atoms with Gasteiger partial charge in [0.1, 0.15) is 23.5 Å². The summed E-state index contributed by atoms with van der Waals surface area (Å²) in [4.78, 5) is 26.5. The highest BCUT2D eigenvalue weighted by atomic mass is 19.1. The number of carbonyl (C=O) groups excluding carboxylic acids is 1. The Morgan fingerprint density at radius 1 is 1.22 bits per heavy atom. The van der Waals surface area contributed by atoms with Crippen molar-refractivity contribution in [2.24, 2.45) is 5.73 Å². The molecule has 0 aliphatic carbocycles. The van der Waals surface area contributed by atoms with Crippen LogP contribution in [0.5, 0.6) is 0 Å². The number of nitrogens with two attached hydrogens (primary N) is 1. The molecule has 1 amide bonds. The maximum absolute atomic E-state index is 13.8. The SMILES string of the molecule is N[C@H]1CN(c2cnc(C(=O)Nc3cc(F)cc4cccnc34)cn2)C[C@H]1F. The topological polar surface area (TPSA) is 97.0 Å². The normalized spacial score (nSPS) is 19.4. The number of hydrogen-bond donors (Lipinski definition) is 2. The average molecular weight is 370 g/mol. The Hall–Kier alpha value is -3.20. The molecule has 9 heteroatoms. The van der Waals surface area contributed by atoms with Crippen molar-refractivity contribution in [2.45, 2.75) is 12.2 Å². The number of halogens is 2. The minimum atomic E-state index is -1.12. The van der Waals surface area contributed by atoms with Crippen LogP contribution in [0.15, 0.2) is 42.9 Å². The van der Waals surface area contributed by atoms with Crippen LogP contribution in [0.1, 0.15) is 10.5 Å².